The molecule has 0 fully saturated rings. The topological polar surface area (TPSA) is 12.9 Å². The van der Waals surface area contributed by atoms with Crippen molar-refractivity contribution in [2.75, 3.05) is 0 Å². The van der Waals surface area contributed by atoms with Crippen molar-refractivity contribution in [1.29, 1.82) is 0 Å². The van der Waals surface area contributed by atoms with E-state index < -0.39 is 11.7 Å². The summed E-state index contributed by atoms with van der Waals surface area (Å²) in [6.07, 6.45) is -4.48. The second-order valence-electron chi connectivity index (χ2n) is 4.59. The molecule has 0 amide bonds. The van der Waals surface area contributed by atoms with Crippen molar-refractivity contribution >= 4 is 22.5 Å². The first-order valence-electron chi connectivity index (χ1n) is 6.18. The summed E-state index contributed by atoms with van der Waals surface area (Å²) in [5.41, 5.74) is 0.0781. The molecule has 0 aliphatic carbocycles. The van der Waals surface area contributed by atoms with Crippen molar-refractivity contribution in [2.45, 2.75) is 6.18 Å². The van der Waals surface area contributed by atoms with Crippen molar-refractivity contribution in [3.8, 4) is 11.3 Å². The van der Waals surface area contributed by atoms with Gasteiger partial charge in [0.1, 0.15) is 0 Å². The third-order valence-electron chi connectivity index (χ3n) is 3.13. The van der Waals surface area contributed by atoms with E-state index in [0.29, 0.717) is 21.5 Å². The summed E-state index contributed by atoms with van der Waals surface area (Å²) in [4.78, 5) is 4.17. The van der Waals surface area contributed by atoms with E-state index in [-0.39, 0.29) is 5.69 Å². The Kier molecular flexibility index (Phi) is 3.33. The first kappa shape index (κ1) is 13.9. The number of benzene rings is 2. The third-order valence-corrected chi connectivity index (χ3v) is 3.36. The summed E-state index contributed by atoms with van der Waals surface area (Å²) in [5, 5.41) is 0.749. The Labute approximate surface area is 124 Å². The van der Waals surface area contributed by atoms with Gasteiger partial charge in [0, 0.05) is 16.0 Å². The molecule has 3 rings (SSSR count). The monoisotopic (exact) mass is 307 g/mol. The van der Waals surface area contributed by atoms with Crippen LogP contribution in [-0.4, -0.2) is 4.98 Å². The molecule has 0 unspecified atom stereocenters. The van der Waals surface area contributed by atoms with Gasteiger partial charge < -0.3 is 0 Å². The Morgan fingerprint density at radius 1 is 0.905 bits per heavy atom. The highest BCUT2D eigenvalue weighted by molar-refractivity contribution is 6.31. The number of halogens is 4. The van der Waals surface area contributed by atoms with E-state index in [1.165, 1.54) is 6.07 Å². The SMILES string of the molecule is FC(F)(F)c1cc2cc(Cl)ccc2nc1-c1ccccc1. The molecule has 0 spiro atoms. The molecule has 2 aromatic carbocycles. The Balaban J connectivity index is 2.34. The van der Waals surface area contributed by atoms with Crippen LogP contribution in [0.15, 0.2) is 54.6 Å². The fourth-order valence-electron chi connectivity index (χ4n) is 2.18. The standard InChI is InChI=1S/C16H9ClF3N/c17-12-6-7-14-11(8-12)9-13(16(18,19)20)15(21-14)10-4-2-1-3-5-10/h1-9H. The maximum Gasteiger partial charge on any atom is 0.418 e. The molecule has 0 aliphatic heterocycles. The van der Waals surface area contributed by atoms with Crippen molar-refractivity contribution in [3.63, 3.8) is 0 Å². The Morgan fingerprint density at radius 3 is 2.29 bits per heavy atom. The van der Waals surface area contributed by atoms with Crippen LogP contribution in [0.4, 0.5) is 13.2 Å². The number of aromatic nitrogens is 1. The van der Waals surface area contributed by atoms with Gasteiger partial charge in [-0.2, -0.15) is 13.2 Å². The summed E-state index contributed by atoms with van der Waals surface area (Å²) in [6, 6.07) is 14.1. The van der Waals surface area contributed by atoms with Crippen molar-refractivity contribution < 1.29 is 13.2 Å². The molecule has 0 N–H and O–H groups in total. The van der Waals surface area contributed by atoms with E-state index in [1.54, 1.807) is 42.5 Å². The zero-order chi connectivity index (χ0) is 15.0. The molecule has 5 heteroatoms. The van der Waals surface area contributed by atoms with Crippen LogP contribution in [-0.2, 0) is 6.18 Å². The zero-order valence-corrected chi connectivity index (χ0v) is 11.4. The van der Waals surface area contributed by atoms with Gasteiger partial charge in [-0.1, -0.05) is 41.9 Å². The average Bonchev–Trinajstić information content (AvgIpc) is 2.46. The maximum absolute atomic E-state index is 13.3. The lowest BCUT2D eigenvalue weighted by molar-refractivity contribution is -0.137. The second kappa shape index (κ2) is 5.04. The van der Waals surface area contributed by atoms with Crippen LogP contribution in [0.5, 0.6) is 0 Å². The van der Waals surface area contributed by atoms with Gasteiger partial charge >= 0.3 is 6.18 Å². The lowest BCUT2D eigenvalue weighted by Crippen LogP contribution is -2.08. The minimum absolute atomic E-state index is 0.0714. The summed E-state index contributed by atoms with van der Waals surface area (Å²) in [5.74, 6) is 0. The number of pyridine rings is 1. The highest BCUT2D eigenvalue weighted by Crippen LogP contribution is 2.38. The van der Waals surface area contributed by atoms with Gasteiger partial charge in [-0.25, -0.2) is 4.98 Å². The Bertz CT molecular complexity index is 798. The molecule has 0 aliphatic rings. The highest BCUT2D eigenvalue weighted by atomic mass is 35.5. The van der Waals surface area contributed by atoms with E-state index in [9.17, 15) is 13.2 Å². The summed E-state index contributed by atoms with van der Waals surface area (Å²) in [6.45, 7) is 0. The molecule has 0 atom stereocenters. The molecule has 1 aromatic heterocycles. The summed E-state index contributed by atoms with van der Waals surface area (Å²) >= 11 is 5.83. The fraction of sp³-hybridized carbons (Fsp3) is 0.0625. The molecular formula is C16H9ClF3N. The minimum atomic E-state index is -4.48. The third kappa shape index (κ3) is 2.72. The molecule has 21 heavy (non-hydrogen) atoms. The largest absolute Gasteiger partial charge is 0.418 e. The van der Waals surface area contributed by atoms with Crippen LogP contribution >= 0.6 is 11.6 Å². The van der Waals surface area contributed by atoms with E-state index >= 15 is 0 Å². The minimum Gasteiger partial charge on any atom is -0.247 e. The van der Waals surface area contributed by atoms with Gasteiger partial charge in [-0.05, 0) is 24.3 Å². The molecule has 106 valence electrons. The fourth-order valence-corrected chi connectivity index (χ4v) is 2.36. The Hall–Kier alpha value is -2.07. The molecule has 3 aromatic rings. The first-order chi connectivity index (χ1) is 9.95. The molecule has 1 nitrogen and oxygen atoms in total. The van der Waals surface area contributed by atoms with Gasteiger partial charge in [0.05, 0.1) is 16.8 Å². The molecular weight excluding hydrogens is 299 g/mol. The maximum atomic E-state index is 13.3. The van der Waals surface area contributed by atoms with E-state index in [4.69, 9.17) is 11.6 Å². The van der Waals surface area contributed by atoms with Gasteiger partial charge in [-0.3, -0.25) is 0 Å². The van der Waals surface area contributed by atoms with Gasteiger partial charge in [-0.15, -0.1) is 0 Å². The smallest absolute Gasteiger partial charge is 0.247 e. The van der Waals surface area contributed by atoms with E-state index in [0.717, 1.165) is 6.07 Å². The van der Waals surface area contributed by atoms with Crippen molar-refractivity contribution in [1.82, 2.24) is 4.98 Å². The first-order valence-corrected chi connectivity index (χ1v) is 6.56. The van der Waals surface area contributed by atoms with Crippen LogP contribution in [0.2, 0.25) is 5.02 Å². The number of hydrogen-bond donors (Lipinski definition) is 0. The quantitative estimate of drug-likeness (QED) is 0.572. The van der Waals surface area contributed by atoms with E-state index in [2.05, 4.69) is 4.98 Å². The van der Waals surface area contributed by atoms with Crippen molar-refractivity contribution in [2.24, 2.45) is 0 Å². The lowest BCUT2D eigenvalue weighted by atomic mass is 10.0. The van der Waals surface area contributed by atoms with Gasteiger partial charge in [0.15, 0.2) is 0 Å². The molecule has 0 bridgehead atoms. The molecule has 0 radical (unpaired) electrons. The van der Waals surface area contributed by atoms with Crippen LogP contribution in [0, 0.1) is 0 Å². The van der Waals surface area contributed by atoms with Crippen LogP contribution in [0.1, 0.15) is 5.56 Å². The molecule has 0 saturated heterocycles. The number of alkyl halides is 3. The second-order valence-corrected chi connectivity index (χ2v) is 5.02. The van der Waals surface area contributed by atoms with Gasteiger partial charge in [0.25, 0.3) is 0 Å². The Morgan fingerprint density at radius 2 is 1.62 bits per heavy atom. The number of hydrogen-bond acceptors (Lipinski definition) is 1. The normalized spacial score (nSPS) is 11.8. The van der Waals surface area contributed by atoms with Crippen molar-refractivity contribution in [3.05, 3.63) is 65.2 Å². The highest BCUT2D eigenvalue weighted by Gasteiger charge is 2.35. The predicted molar refractivity (Wildman–Crippen MR) is 77.2 cm³/mol. The van der Waals surface area contributed by atoms with Crippen LogP contribution < -0.4 is 0 Å². The molecule has 1 heterocycles. The lowest BCUT2D eigenvalue weighted by Gasteiger charge is -2.13. The van der Waals surface area contributed by atoms with Crippen LogP contribution in [0.3, 0.4) is 0 Å². The summed E-state index contributed by atoms with van der Waals surface area (Å²) in [7, 11) is 0. The number of fused-ring (bicyclic) bond motifs is 1. The average molecular weight is 308 g/mol. The number of nitrogens with zero attached hydrogens (tertiary/aromatic N) is 1. The predicted octanol–water partition coefficient (Wildman–Crippen LogP) is 5.57. The van der Waals surface area contributed by atoms with Crippen LogP contribution in [0.25, 0.3) is 22.2 Å². The van der Waals surface area contributed by atoms with Gasteiger partial charge in [0.2, 0.25) is 0 Å². The summed E-state index contributed by atoms with van der Waals surface area (Å²) < 4.78 is 39.9. The van der Waals surface area contributed by atoms with E-state index in [1.807, 2.05) is 0 Å². The number of rotatable bonds is 1. The molecule has 0 saturated carbocycles. The zero-order valence-electron chi connectivity index (χ0n) is 10.7.